The minimum atomic E-state index is 0.472. The summed E-state index contributed by atoms with van der Waals surface area (Å²) >= 11 is 1.78. The van der Waals surface area contributed by atoms with Crippen LogP contribution in [0.25, 0.3) is 0 Å². The van der Waals surface area contributed by atoms with Crippen molar-refractivity contribution in [2.24, 2.45) is 16.7 Å². The number of nitrogens with zero attached hydrogens (tertiary/aromatic N) is 1. The second-order valence-electron chi connectivity index (χ2n) is 3.27. The third kappa shape index (κ3) is 1.42. The summed E-state index contributed by atoms with van der Waals surface area (Å²) in [5.41, 5.74) is 8.13. The van der Waals surface area contributed by atoms with Gasteiger partial charge in [-0.05, 0) is 31.2 Å². The van der Waals surface area contributed by atoms with Crippen molar-refractivity contribution < 1.29 is 0 Å². The lowest BCUT2D eigenvalue weighted by atomic mass is 9.96. The Hall–Kier alpha value is -1.03. The van der Waals surface area contributed by atoms with Gasteiger partial charge in [0.15, 0.2) is 5.84 Å². The van der Waals surface area contributed by atoms with E-state index in [4.69, 9.17) is 11.6 Å². The molecule has 0 amide bonds. The molecule has 2 rings (SSSR count). The van der Waals surface area contributed by atoms with Gasteiger partial charge in [-0.3, -0.25) is 0 Å². The summed E-state index contributed by atoms with van der Waals surface area (Å²) in [6.07, 6.45) is 4.88. The Balaban J connectivity index is 2.42. The van der Waals surface area contributed by atoms with Crippen molar-refractivity contribution in [1.29, 1.82) is 0 Å². The lowest BCUT2D eigenvalue weighted by Crippen LogP contribution is -2.17. The van der Waals surface area contributed by atoms with Gasteiger partial charge >= 0.3 is 0 Å². The smallest absolute Gasteiger partial charge is 0.151 e. The SMILES string of the molecule is N/N=C(\N)c1csc2c1CCCC2. The largest absolute Gasteiger partial charge is 0.382 e. The molecule has 4 heteroatoms. The maximum atomic E-state index is 5.69. The first-order chi connectivity index (χ1) is 6.33. The first-order valence-electron chi connectivity index (χ1n) is 4.46. The van der Waals surface area contributed by atoms with E-state index in [0.717, 1.165) is 12.0 Å². The highest BCUT2D eigenvalue weighted by Crippen LogP contribution is 2.29. The topological polar surface area (TPSA) is 64.4 Å². The van der Waals surface area contributed by atoms with Crippen molar-refractivity contribution in [1.82, 2.24) is 0 Å². The Kier molecular flexibility index (Phi) is 2.22. The van der Waals surface area contributed by atoms with E-state index in [2.05, 4.69) is 10.5 Å². The highest BCUT2D eigenvalue weighted by molar-refractivity contribution is 7.10. The molecule has 0 unspecified atom stereocenters. The standard InChI is InChI=1S/C9H13N3S/c10-9(12-11)7-5-13-8-4-2-1-3-6(7)8/h5H,1-4,11H2,(H2,10,12). The van der Waals surface area contributed by atoms with Gasteiger partial charge in [0.25, 0.3) is 0 Å². The van der Waals surface area contributed by atoms with Gasteiger partial charge in [0, 0.05) is 15.8 Å². The van der Waals surface area contributed by atoms with E-state index in [-0.39, 0.29) is 0 Å². The van der Waals surface area contributed by atoms with Gasteiger partial charge in [0.05, 0.1) is 0 Å². The van der Waals surface area contributed by atoms with Gasteiger partial charge in [0.1, 0.15) is 0 Å². The van der Waals surface area contributed by atoms with Crippen molar-refractivity contribution in [3.8, 4) is 0 Å². The molecule has 0 atom stereocenters. The summed E-state index contributed by atoms with van der Waals surface area (Å²) < 4.78 is 0. The third-order valence-electron chi connectivity index (χ3n) is 2.48. The summed E-state index contributed by atoms with van der Waals surface area (Å²) in [5.74, 6) is 5.64. The van der Waals surface area contributed by atoms with Gasteiger partial charge in [0.2, 0.25) is 0 Å². The molecule has 0 radical (unpaired) electrons. The molecule has 0 saturated heterocycles. The van der Waals surface area contributed by atoms with Crippen LogP contribution in [0.15, 0.2) is 10.5 Å². The van der Waals surface area contributed by atoms with Crippen molar-refractivity contribution in [3.05, 3.63) is 21.4 Å². The molecule has 1 heterocycles. The number of amidine groups is 1. The summed E-state index contributed by atoms with van der Waals surface area (Å²) in [7, 11) is 0. The quantitative estimate of drug-likeness (QED) is 0.306. The summed E-state index contributed by atoms with van der Waals surface area (Å²) in [4.78, 5) is 1.47. The molecule has 1 aliphatic carbocycles. The average molecular weight is 195 g/mol. The number of nitrogens with two attached hydrogens (primary N) is 2. The number of hydrogen-bond donors (Lipinski definition) is 2. The van der Waals surface area contributed by atoms with E-state index in [9.17, 15) is 0 Å². The first kappa shape index (κ1) is 8.56. The minimum Gasteiger partial charge on any atom is -0.382 e. The molecule has 0 fully saturated rings. The van der Waals surface area contributed by atoms with Crippen LogP contribution in [0.2, 0.25) is 0 Å². The maximum absolute atomic E-state index is 5.69. The molecule has 1 aromatic heterocycles. The predicted octanol–water partition coefficient (Wildman–Crippen LogP) is 1.21. The fourth-order valence-electron chi connectivity index (χ4n) is 1.78. The summed E-state index contributed by atoms with van der Waals surface area (Å²) in [5, 5.41) is 5.61. The lowest BCUT2D eigenvalue weighted by molar-refractivity contribution is 0.696. The molecule has 0 saturated carbocycles. The van der Waals surface area contributed by atoms with Gasteiger partial charge < -0.3 is 11.6 Å². The number of thiophene rings is 1. The normalized spacial score (nSPS) is 17.1. The fourth-order valence-corrected chi connectivity index (χ4v) is 2.92. The van der Waals surface area contributed by atoms with Crippen LogP contribution < -0.4 is 11.6 Å². The van der Waals surface area contributed by atoms with E-state index < -0.39 is 0 Å². The zero-order valence-corrected chi connectivity index (χ0v) is 8.23. The summed E-state index contributed by atoms with van der Waals surface area (Å²) in [6, 6.07) is 0. The van der Waals surface area contributed by atoms with Crippen molar-refractivity contribution in [3.63, 3.8) is 0 Å². The summed E-state index contributed by atoms with van der Waals surface area (Å²) in [6.45, 7) is 0. The van der Waals surface area contributed by atoms with Gasteiger partial charge in [-0.25, -0.2) is 0 Å². The van der Waals surface area contributed by atoms with Gasteiger partial charge in [-0.1, -0.05) is 0 Å². The van der Waals surface area contributed by atoms with Crippen LogP contribution in [0.1, 0.15) is 28.8 Å². The molecule has 1 aromatic rings. The number of hydrogen-bond acceptors (Lipinski definition) is 3. The van der Waals surface area contributed by atoms with Gasteiger partial charge in [-0.2, -0.15) is 5.10 Å². The fraction of sp³-hybridized carbons (Fsp3) is 0.444. The van der Waals surface area contributed by atoms with E-state index in [1.165, 1.54) is 29.7 Å². The molecule has 0 spiro atoms. The zero-order valence-electron chi connectivity index (χ0n) is 7.42. The van der Waals surface area contributed by atoms with Crippen LogP contribution >= 0.6 is 11.3 Å². The Morgan fingerprint density at radius 1 is 1.38 bits per heavy atom. The molecule has 0 bridgehead atoms. The van der Waals surface area contributed by atoms with Crippen LogP contribution in [0.3, 0.4) is 0 Å². The van der Waals surface area contributed by atoms with E-state index in [0.29, 0.717) is 5.84 Å². The van der Waals surface area contributed by atoms with E-state index in [1.54, 1.807) is 11.3 Å². The first-order valence-corrected chi connectivity index (χ1v) is 5.34. The van der Waals surface area contributed by atoms with Crippen molar-refractivity contribution >= 4 is 17.2 Å². The van der Waals surface area contributed by atoms with Crippen LogP contribution in [-0.2, 0) is 12.8 Å². The molecule has 13 heavy (non-hydrogen) atoms. The molecular formula is C9H13N3S. The molecule has 4 N–H and O–H groups in total. The number of hydrazone groups is 1. The Bertz CT molecular complexity index is 341. The highest BCUT2D eigenvalue weighted by Gasteiger charge is 2.17. The Morgan fingerprint density at radius 2 is 2.15 bits per heavy atom. The molecule has 3 nitrogen and oxygen atoms in total. The second kappa shape index (κ2) is 3.38. The van der Waals surface area contributed by atoms with Crippen molar-refractivity contribution in [2.75, 3.05) is 0 Å². The molecule has 0 aromatic carbocycles. The predicted molar refractivity (Wildman–Crippen MR) is 55.9 cm³/mol. The van der Waals surface area contributed by atoms with Crippen LogP contribution in [0, 0.1) is 0 Å². The van der Waals surface area contributed by atoms with Crippen molar-refractivity contribution in [2.45, 2.75) is 25.7 Å². The highest BCUT2D eigenvalue weighted by atomic mass is 32.1. The molecule has 70 valence electrons. The maximum Gasteiger partial charge on any atom is 0.151 e. The van der Waals surface area contributed by atoms with Crippen LogP contribution in [0.5, 0.6) is 0 Å². The van der Waals surface area contributed by atoms with E-state index >= 15 is 0 Å². The number of rotatable bonds is 1. The van der Waals surface area contributed by atoms with Gasteiger partial charge in [-0.15, -0.1) is 11.3 Å². The monoisotopic (exact) mass is 195 g/mol. The zero-order chi connectivity index (χ0) is 9.26. The molecular weight excluding hydrogens is 182 g/mol. The van der Waals surface area contributed by atoms with E-state index in [1.807, 2.05) is 0 Å². The number of fused-ring (bicyclic) bond motifs is 1. The number of aryl methyl sites for hydroxylation is 1. The second-order valence-corrected chi connectivity index (χ2v) is 4.24. The minimum absolute atomic E-state index is 0.472. The lowest BCUT2D eigenvalue weighted by Gasteiger charge is -2.11. The Labute approximate surface area is 81.4 Å². The molecule has 1 aliphatic rings. The average Bonchev–Trinajstić information content (AvgIpc) is 2.60. The molecule has 0 aliphatic heterocycles. The van der Waals surface area contributed by atoms with Crippen LogP contribution in [-0.4, -0.2) is 5.84 Å². The van der Waals surface area contributed by atoms with Crippen LogP contribution in [0.4, 0.5) is 0 Å². The third-order valence-corrected chi connectivity index (χ3v) is 3.56. The Morgan fingerprint density at radius 3 is 2.92 bits per heavy atom.